The highest BCUT2D eigenvalue weighted by Gasteiger charge is 2.15. The Labute approximate surface area is 194 Å². The second-order valence-electron chi connectivity index (χ2n) is 7.41. The molecular formula is C25H21F2N3O2S. The predicted molar refractivity (Wildman–Crippen MR) is 125 cm³/mol. The van der Waals surface area contributed by atoms with Gasteiger partial charge in [0.2, 0.25) is 5.91 Å². The third-order valence-electron chi connectivity index (χ3n) is 5.17. The maximum Gasteiger partial charge on any atom is 0.233 e. The molecule has 1 heterocycles. The van der Waals surface area contributed by atoms with Gasteiger partial charge in [0.05, 0.1) is 12.9 Å². The van der Waals surface area contributed by atoms with Crippen LogP contribution in [0.3, 0.4) is 0 Å². The Bertz CT molecular complexity index is 1300. The van der Waals surface area contributed by atoms with Crippen molar-refractivity contribution in [2.24, 2.45) is 0 Å². The van der Waals surface area contributed by atoms with Crippen LogP contribution < -0.4 is 4.74 Å². The number of carbonyl (C=O) groups is 1. The Morgan fingerprint density at radius 2 is 1.73 bits per heavy atom. The maximum atomic E-state index is 13.9. The summed E-state index contributed by atoms with van der Waals surface area (Å²) in [5, 5.41) is 11.1. The van der Waals surface area contributed by atoms with Gasteiger partial charge in [-0.15, -0.1) is 10.2 Å². The molecule has 0 saturated heterocycles. The fourth-order valence-electron chi connectivity index (χ4n) is 3.42. The van der Waals surface area contributed by atoms with E-state index in [4.69, 9.17) is 4.74 Å². The first-order valence-corrected chi connectivity index (χ1v) is 11.2. The Hall–Kier alpha value is -3.52. The van der Waals surface area contributed by atoms with Gasteiger partial charge in [-0.2, -0.15) is 0 Å². The molecule has 3 aromatic carbocycles. The van der Waals surface area contributed by atoms with Gasteiger partial charge in [0.15, 0.2) is 11.6 Å². The molecule has 4 rings (SSSR count). The summed E-state index contributed by atoms with van der Waals surface area (Å²) in [7, 11) is 3.08. The number of carbonyl (C=O) groups excluding carboxylic acids is 1. The Morgan fingerprint density at radius 3 is 2.42 bits per heavy atom. The molecule has 0 radical (unpaired) electrons. The second-order valence-corrected chi connectivity index (χ2v) is 8.38. The first-order chi connectivity index (χ1) is 16.0. The SMILES string of the molecule is COc1ccc(CN(C)C(=O)CSc2nnc(-c3ccc(F)cc3)c3ccccc23)cc1F. The third-order valence-corrected chi connectivity index (χ3v) is 6.13. The quantitative estimate of drug-likeness (QED) is 0.345. The number of rotatable bonds is 7. The van der Waals surface area contributed by atoms with Gasteiger partial charge in [0.1, 0.15) is 16.5 Å². The normalized spacial score (nSPS) is 10.9. The molecule has 0 unspecified atom stereocenters. The summed E-state index contributed by atoms with van der Waals surface area (Å²) in [5.74, 6) is -0.581. The standard InChI is InChI=1S/C25H21F2N3O2S/c1-30(14-16-7-12-22(32-2)21(27)13-16)23(31)15-33-25-20-6-4-3-5-19(20)24(28-29-25)17-8-10-18(26)11-9-17/h3-13H,14-15H2,1-2H3. The average Bonchev–Trinajstić information content (AvgIpc) is 2.83. The van der Waals surface area contributed by atoms with E-state index in [0.29, 0.717) is 16.3 Å². The molecule has 4 aromatic rings. The number of thioether (sulfide) groups is 1. The summed E-state index contributed by atoms with van der Waals surface area (Å²) in [6, 6.07) is 18.4. The van der Waals surface area contributed by atoms with Crippen molar-refractivity contribution in [3.8, 4) is 17.0 Å². The molecule has 0 spiro atoms. The first kappa shape index (κ1) is 22.7. The van der Waals surface area contributed by atoms with Gasteiger partial charge >= 0.3 is 0 Å². The van der Waals surface area contributed by atoms with Gasteiger partial charge in [-0.25, -0.2) is 8.78 Å². The van der Waals surface area contributed by atoms with Crippen LogP contribution in [0.4, 0.5) is 8.78 Å². The van der Waals surface area contributed by atoms with Crippen LogP contribution in [0, 0.1) is 11.6 Å². The number of ether oxygens (including phenoxy) is 1. The van der Waals surface area contributed by atoms with Crippen LogP contribution in [0.15, 0.2) is 71.8 Å². The van der Waals surface area contributed by atoms with E-state index in [9.17, 15) is 13.6 Å². The van der Waals surface area contributed by atoms with Crippen LogP contribution >= 0.6 is 11.8 Å². The molecule has 8 heteroatoms. The predicted octanol–water partition coefficient (Wildman–Crippen LogP) is 5.33. The monoisotopic (exact) mass is 465 g/mol. The highest BCUT2D eigenvalue weighted by Crippen LogP contribution is 2.32. The number of methoxy groups -OCH3 is 1. The Balaban J connectivity index is 1.49. The van der Waals surface area contributed by atoms with Gasteiger partial charge < -0.3 is 9.64 Å². The van der Waals surface area contributed by atoms with Gasteiger partial charge in [-0.1, -0.05) is 42.1 Å². The van der Waals surface area contributed by atoms with E-state index in [1.165, 1.54) is 42.0 Å². The van der Waals surface area contributed by atoms with Crippen molar-refractivity contribution in [2.45, 2.75) is 11.6 Å². The van der Waals surface area contributed by atoms with E-state index in [2.05, 4.69) is 10.2 Å². The van der Waals surface area contributed by atoms with Crippen LogP contribution in [0.25, 0.3) is 22.0 Å². The van der Waals surface area contributed by atoms with Gasteiger partial charge in [-0.05, 0) is 42.0 Å². The lowest BCUT2D eigenvalue weighted by Gasteiger charge is -2.17. The molecule has 0 saturated carbocycles. The highest BCUT2D eigenvalue weighted by molar-refractivity contribution is 8.00. The summed E-state index contributed by atoms with van der Waals surface area (Å²) in [6.45, 7) is 0.274. The van der Waals surface area contributed by atoms with Crippen LogP contribution in [-0.4, -0.2) is 40.9 Å². The molecule has 0 fully saturated rings. The van der Waals surface area contributed by atoms with Crippen LogP contribution in [-0.2, 0) is 11.3 Å². The number of aromatic nitrogens is 2. The summed E-state index contributed by atoms with van der Waals surface area (Å²) >= 11 is 1.29. The summed E-state index contributed by atoms with van der Waals surface area (Å²) < 4.78 is 32.2. The number of nitrogens with zero attached hydrogens (tertiary/aromatic N) is 3. The van der Waals surface area contributed by atoms with E-state index in [0.717, 1.165) is 16.3 Å². The average molecular weight is 466 g/mol. The lowest BCUT2D eigenvalue weighted by molar-refractivity contribution is -0.127. The van der Waals surface area contributed by atoms with E-state index >= 15 is 0 Å². The van der Waals surface area contributed by atoms with Crippen molar-refractivity contribution in [1.29, 1.82) is 0 Å². The second kappa shape index (κ2) is 9.95. The van der Waals surface area contributed by atoms with Crippen molar-refractivity contribution >= 4 is 28.4 Å². The molecule has 0 atom stereocenters. The van der Waals surface area contributed by atoms with E-state index in [1.807, 2.05) is 24.3 Å². The van der Waals surface area contributed by atoms with E-state index in [-0.39, 0.29) is 29.8 Å². The molecule has 5 nitrogen and oxygen atoms in total. The molecule has 0 aliphatic carbocycles. The summed E-state index contributed by atoms with van der Waals surface area (Å²) in [4.78, 5) is 14.2. The Kier molecular flexibility index (Phi) is 6.84. The lowest BCUT2D eigenvalue weighted by atomic mass is 10.1. The van der Waals surface area contributed by atoms with Gasteiger partial charge in [0, 0.05) is 29.9 Å². The van der Waals surface area contributed by atoms with Crippen LogP contribution in [0.2, 0.25) is 0 Å². The number of amides is 1. The molecular weight excluding hydrogens is 444 g/mol. The molecule has 0 aliphatic heterocycles. The highest BCUT2D eigenvalue weighted by atomic mass is 32.2. The smallest absolute Gasteiger partial charge is 0.233 e. The lowest BCUT2D eigenvalue weighted by Crippen LogP contribution is -2.27. The Morgan fingerprint density at radius 1 is 1.00 bits per heavy atom. The van der Waals surface area contributed by atoms with Crippen LogP contribution in [0.1, 0.15) is 5.56 Å². The van der Waals surface area contributed by atoms with Crippen molar-refractivity contribution in [3.63, 3.8) is 0 Å². The third kappa shape index (κ3) is 5.12. The van der Waals surface area contributed by atoms with Crippen molar-refractivity contribution < 1.29 is 18.3 Å². The number of benzene rings is 3. The fourth-order valence-corrected chi connectivity index (χ4v) is 4.33. The number of fused-ring (bicyclic) bond motifs is 1. The minimum Gasteiger partial charge on any atom is -0.494 e. The maximum absolute atomic E-state index is 13.9. The molecule has 168 valence electrons. The van der Waals surface area contributed by atoms with E-state index < -0.39 is 5.82 Å². The topological polar surface area (TPSA) is 55.3 Å². The molecule has 1 aromatic heterocycles. The molecule has 0 bridgehead atoms. The fraction of sp³-hybridized carbons (Fsp3) is 0.160. The molecule has 33 heavy (non-hydrogen) atoms. The van der Waals surface area contributed by atoms with E-state index in [1.54, 1.807) is 31.3 Å². The zero-order valence-electron chi connectivity index (χ0n) is 18.1. The minimum atomic E-state index is -0.465. The number of hydrogen-bond donors (Lipinski definition) is 0. The van der Waals surface area contributed by atoms with Crippen molar-refractivity contribution in [2.75, 3.05) is 19.9 Å². The van der Waals surface area contributed by atoms with Crippen molar-refractivity contribution in [3.05, 3.63) is 83.9 Å². The molecule has 0 N–H and O–H groups in total. The summed E-state index contributed by atoms with van der Waals surface area (Å²) in [6.07, 6.45) is 0. The minimum absolute atomic E-state index is 0.121. The zero-order valence-corrected chi connectivity index (χ0v) is 18.9. The number of hydrogen-bond acceptors (Lipinski definition) is 5. The molecule has 0 aliphatic rings. The number of halogens is 2. The molecule has 1 amide bonds. The summed E-state index contributed by atoms with van der Waals surface area (Å²) in [5.41, 5.74) is 2.09. The zero-order chi connectivity index (χ0) is 23.4. The van der Waals surface area contributed by atoms with Gasteiger partial charge in [-0.3, -0.25) is 4.79 Å². The largest absolute Gasteiger partial charge is 0.494 e. The van der Waals surface area contributed by atoms with Crippen molar-refractivity contribution in [1.82, 2.24) is 15.1 Å². The van der Waals surface area contributed by atoms with Crippen LogP contribution in [0.5, 0.6) is 5.75 Å². The van der Waals surface area contributed by atoms with Gasteiger partial charge in [0.25, 0.3) is 0 Å². The first-order valence-electron chi connectivity index (χ1n) is 10.2.